The van der Waals surface area contributed by atoms with Gasteiger partial charge in [0.25, 0.3) is 0 Å². The first-order valence-electron chi connectivity index (χ1n) is 7.80. The van der Waals surface area contributed by atoms with E-state index in [0.717, 1.165) is 18.6 Å². The van der Waals surface area contributed by atoms with Gasteiger partial charge in [-0.05, 0) is 47.9 Å². The summed E-state index contributed by atoms with van der Waals surface area (Å²) in [6.07, 6.45) is 1.71. The lowest BCUT2D eigenvalue weighted by Crippen LogP contribution is -2.41. The van der Waals surface area contributed by atoms with E-state index in [1.807, 2.05) is 41.8 Å². The third-order valence-corrected chi connectivity index (χ3v) is 4.41. The van der Waals surface area contributed by atoms with Gasteiger partial charge in [-0.3, -0.25) is 0 Å². The molecule has 2 rings (SSSR count). The van der Waals surface area contributed by atoms with Gasteiger partial charge in [-0.1, -0.05) is 0 Å². The number of likely N-dealkylation sites (N-methyl/N-ethyl adjacent to an activating group) is 1. The number of rotatable bonds is 5. The van der Waals surface area contributed by atoms with Crippen molar-refractivity contribution < 1.29 is 9.31 Å². The Labute approximate surface area is 138 Å². The van der Waals surface area contributed by atoms with Crippen molar-refractivity contribution in [3.8, 4) is 6.07 Å². The smallest absolute Gasteiger partial charge is 0.399 e. The number of anilines is 1. The molecule has 0 atom stereocenters. The van der Waals surface area contributed by atoms with Crippen LogP contribution in [0.1, 0.15) is 33.3 Å². The second-order valence-electron chi connectivity index (χ2n) is 7.09. The number of nitrogens with zero attached hydrogens (tertiary/aromatic N) is 3. The monoisotopic (exact) mass is 316 g/mol. The van der Waals surface area contributed by atoms with Crippen LogP contribution < -0.4 is 10.8 Å². The molecule has 0 aliphatic carbocycles. The molecule has 0 bridgehead atoms. The van der Waals surface area contributed by atoms with E-state index in [4.69, 9.17) is 9.31 Å². The molecule has 0 radical (unpaired) electrons. The van der Waals surface area contributed by atoms with Gasteiger partial charge >= 0.3 is 7.12 Å². The van der Waals surface area contributed by atoms with E-state index in [9.17, 15) is 5.26 Å². The van der Waals surface area contributed by atoms with Gasteiger partial charge in [0.15, 0.2) is 0 Å². The number of aromatic nitrogens is 1. The summed E-state index contributed by atoms with van der Waals surface area (Å²) in [5, 5.41) is 12.6. The summed E-state index contributed by atoms with van der Waals surface area (Å²) in [5.41, 5.74) is 0.439. The topological polar surface area (TPSA) is 70.4 Å². The van der Waals surface area contributed by atoms with Crippen LogP contribution >= 0.6 is 0 Å². The molecule has 0 unspecified atom stereocenters. The Morgan fingerprint density at radius 3 is 2.39 bits per heavy atom. The lowest BCUT2D eigenvalue weighted by molar-refractivity contribution is 0.00578. The van der Waals surface area contributed by atoms with Crippen LogP contribution in [0.15, 0.2) is 12.3 Å². The molecule has 0 spiro atoms. The van der Waals surface area contributed by atoms with E-state index < -0.39 is 18.3 Å². The largest absolute Gasteiger partial charge is 0.496 e. The average molecular weight is 316 g/mol. The number of hydrogen-bond donors (Lipinski definition) is 1. The average Bonchev–Trinajstić information content (AvgIpc) is 2.67. The fourth-order valence-corrected chi connectivity index (χ4v) is 2.21. The number of nitriles is 1. The number of nitrogens with one attached hydrogen (secondary N) is 1. The predicted molar refractivity (Wildman–Crippen MR) is 91.7 cm³/mol. The predicted octanol–water partition coefficient (Wildman–Crippen LogP) is 1.23. The van der Waals surface area contributed by atoms with E-state index in [-0.39, 0.29) is 0 Å². The lowest BCUT2D eigenvalue weighted by Gasteiger charge is -2.32. The Balaban J connectivity index is 2.16. The fourth-order valence-electron chi connectivity index (χ4n) is 2.21. The molecule has 6 nitrogen and oxygen atoms in total. The normalized spacial score (nSPS) is 19.0. The molecule has 0 amide bonds. The Kier molecular flexibility index (Phi) is 5.00. The zero-order chi connectivity index (χ0) is 17.3. The van der Waals surface area contributed by atoms with Crippen molar-refractivity contribution in [2.24, 2.45) is 0 Å². The van der Waals surface area contributed by atoms with Crippen LogP contribution in [0.3, 0.4) is 0 Å². The molecule has 1 aliphatic rings. The maximum absolute atomic E-state index is 9.38. The summed E-state index contributed by atoms with van der Waals surface area (Å²) in [6, 6.07) is 3.97. The van der Waals surface area contributed by atoms with Crippen LogP contribution in [-0.2, 0) is 9.31 Å². The van der Waals surface area contributed by atoms with Crippen LogP contribution in [-0.4, -0.2) is 55.4 Å². The minimum atomic E-state index is -0.504. The maximum Gasteiger partial charge on any atom is 0.496 e. The Morgan fingerprint density at radius 2 is 1.87 bits per heavy atom. The molecule has 0 aromatic carbocycles. The second kappa shape index (κ2) is 6.48. The van der Waals surface area contributed by atoms with Crippen molar-refractivity contribution in [1.29, 1.82) is 5.26 Å². The first-order chi connectivity index (χ1) is 10.7. The Bertz CT molecular complexity index is 595. The molecule has 7 heteroatoms. The molecular weight excluding hydrogens is 291 g/mol. The summed E-state index contributed by atoms with van der Waals surface area (Å²) in [7, 11) is 3.50. The molecule has 1 fully saturated rings. The fraction of sp³-hybridized carbons (Fsp3) is 0.625. The van der Waals surface area contributed by atoms with Crippen LogP contribution in [0.4, 0.5) is 5.82 Å². The van der Waals surface area contributed by atoms with Crippen LogP contribution in [0.5, 0.6) is 0 Å². The van der Waals surface area contributed by atoms with E-state index in [0.29, 0.717) is 11.4 Å². The van der Waals surface area contributed by atoms with Crippen LogP contribution in [0.2, 0.25) is 0 Å². The van der Waals surface area contributed by atoms with E-state index >= 15 is 0 Å². The van der Waals surface area contributed by atoms with Gasteiger partial charge in [0.05, 0.1) is 16.8 Å². The Morgan fingerprint density at radius 1 is 1.26 bits per heavy atom. The molecule has 0 saturated carbocycles. The summed E-state index contributed by atoms with van der Waals surface area (Å²) < 4.78 is 12.0. The zero-order valence-electron chi connectivity index (χ0n) is 14.8. The molecule has 23 heavy (non-hydrogen) atoms. The summed E-state index contributed by atoms with van der Waals surface area (Å²) >= 11 is 0. The minimum absolute atomic E-state index is 0.410. The number of hydrogen-bond acceptors (Lipinski definition) is 6. The first-order valence-corrected chi connectivity index (χ1v) is 7.80. The highest BCUT2D eigenvalue weighted by Crippen LogP contribution is 2.36. The van der Waals surface area contributed by atoms with E-state index in [1.165, 1.54) is 0 Å². The molecule has 1 aromatic rings. The van der Waals surface area contributed by atoms with Gasteiger partial charge in [-0.15, -0.1) is 0 Å². The third kappa shape index (κ3) is 3.84. The Hall–Kier alpha value is -1.62. The van der Waals surface area contributed by atoms with Gasteiger partial charge < -0.3 is 19.5 Å². The van der Waals surface area contributed by atoms with Gasteiger partial charge in [0.2, 0.25) is 0 Å². The van der Waals surface area contributed by atoms with Gasteiger partial charge in [-0.25, -0.2) is 4.98 Å². The lowest BCUT2D eigenvalue weighted by atomic mass is 9.79. The van der Waals surface area contributed by atoms with Crippen molar-refractivity contribution in [2.45, 2.75) is 38.9 Å². The van der Waals surface area contributed by atoms with Crippen molar-refractivity contribution in [1.82, 2.24) is 9.88 Å². The minimum Gasteiger partial charge on any atom is -0.399 e. The standard InChI is InChI=1S/C16H25BN4O2/c1-15(2)16(3,4)23-17(22-15)13-9-12(10-18)14(20-11-13)19-7-8-21(5)6/h9,11H,7-8H2,1-6H3,(H,19,20). The molecule has 1 N–H and O–H groups in total. The molecule has 124 valence electrons. The quantitative estimate of drug-likeness (QED) is 0.824. The highest BCUT2D eigenvalue weighted by Gasteiger charge is 2.51. The highest BCUT2D eigenvalue weighted by atomic mass is 16.7. The van der Waals surface area contributed by atoms with Crippen LogP contribution in [0.25, 0.3) is 0 Å². The van der Waals surface area contributed by atoms with Crippen molar-refractivity contribution in [2.75, 3.05) is 32.5 Å². The zero-order valence-corrected chi connectivity index (χ0v) is 14.8. The van der Waals surface area contributed by atoms with Crippen molar-refractivity contribution in [3.63, 3.8) is 0 Å². The van der Waals surface area contributed by atoms with Crippen molar-refractivity contribution in [3.05, 3.63) is 17.8 Å². The molecule has 1 aromatic heterocycles. The third-order valence-electron chi connectivity index (χ3n) is 4.41. The second-order valence-corrected chi connectivity index (χ2v) is 7.09. The van der Waals surface area contributed by atoms with Gasteiger partial charge in [0, 0.05) is 24.7 Å². The van der Waals surface area contributed by atoms with E-state index in [2.05, 4.69) is 21.3 Å². The molecule has 2 heterocycles. The molecule has 1 aliphatic heterocycles. The summed E-state index contributed by atoms with van der Waals surface area (Å²) in [4.78, 5) is 6.44. The summed E-state index contributed by atoms with van der Waals surface area (Å²) in [5.74, 6) is 0.592. The number of pyridine rings is 1. The van der Waals surface area contributed by atoms with Gasteiger partial charge in [-0.2, -0.15) is 5.26 Å². The van der Waals surface area contributed by atoms with Crippen molar-refractivity contribution >= 4 is 18.4 Å². The first kappa shape index (κ1) is 17.7. The summed E-state index contributed by atoms with van der Waals surface area (Å²) in [6.45, 7) is 9.60. The van der Waals surface area contributed by atoms with Crippen LogP contribution in [0, 0.1) is 11.3 Å². The molecule has 1 saturated heterocycles. The highest BCUT2D eigenvalue weighted by molar-refractivity contribution is 6.62. The van der Waals surface area contributed by atoms with Gasteiger partial charge in [0.1, 0.15) is 11.9 Å². The molecular formula is C16H25BN4O2. The SMILES string of the molecule is CN(C)CCNc1ncc(B2OC(C)(C)C(C)(C)O2)cc1C#N. The van der Waals surface area contributed by atoms with E-state index in [1.54, 1.807) is 12.3 Å². The maximum atomic E-state index is 9.38.